The van der Waals surface area contributed by atoms with Crippen LogP contribution in [0.3, 0.4) is 0 Å². The minimum absolute atomic E-state index is 0.354. The standard InChI is InChI=1S/C20H22ClN3O/c1-23(2)17-6-3-14(4-7-17)12-24-10-9-15(13-24)20-22-18-11-16(21)5-8-19(18)25-20/h3-8,11,15H,9-10,12-13H2,1-2H3. The Kier molecular flexibility index (Phi) is 4.40. The Morgan fingerprint density at radius 1 is 1.20 bits per heavy atom. The van der Waals surface area contributed by atoms with Crippen LogP contribution in [-0.2, 0) is 6.54 Å². The number of fused-ring (bicyclic) bond motifs is 1. The van der Waals surface area contributed by atoms with Gasteiger partial charge in [0.25, 0.3) is 0 Å². The molecule has 130 valence electrons. The lowest BCUT2D eigenvalue weighted by Gasteiger charge is -2.17. The molecule has 0 bridgehead atoms. The third-order valence-electron chi connectivity index (χ3n) is 4.85. The SMILES string of the molecule is CN(C)c1ccc(CN2CCC(c3nc4cc(Cl)ccc4o3)C2)cc1. The monoisotopic (exact) mass is 355 g/mol. The third kappa shape index (κ3) is 3.51. The molecule has 1 aromatic heterocycles. The Labute approximate surface area is 153 Å². The molecule has 3 aromatic rings. The van der Waals surface area contributed by atoms with E-state index in [-0.39, 0.29) is 0 Å². The molecule has 2 aromatic carbocycles. The number of oxazole rings is 1. The molecule has 1 saturated heterocycles. The first-order chi connectivity index (χ1) is 12.1. The number of rotatable bonds is 4. The zero-order chi connectivity index (χ0) is 17.4. The number of aromatic nitrogens is 1. The number of hydrogen-bond acceptors (Lipinski definition) is 4. The van der Waals surface area contributed by atoms with Crippen LogP contribution in [0, 0.1) is 0 Å². The number of halogens is 1. The molecule has 1 atom stereocenters. The van der Waals surface area contributed by atoms with Gasteiger partial charge in [-0.3, -0.25) is 4.90 Å². The van der Waals surface area contributed by atoms with Crippen LogP contribution in [0.15, 0.2) is 46.9 Å². The quantitative estimate of drug-likeness (QED) is 0.688. The van der Waals surface area contributed by atoms with E-state index in [1.165, 1.54) is 11.3 Å². The Balaban J connectivity index is 1.43. The number of nitrogens with zero attached hydrogens (tertiary/aromatic N) is 3. The van der Waals surface area contributed by atoms with Crippen LogP contribution >= 0.6 is 11.6 Å². The molecule has 5 heteroatoms. The molecule has 0 radical (unpaired) electrons. The van der Waals surface area contributed by atoms with Gasteiger partial charge >= 0.3 is 0 Å². The van der Waals surface area contributed by atoms with E-state index in [0.717, 1.165) is 43.0 Å². The highest BCUT2D eigenvalue weighted by molar-refractivity contribution is 6.31. The normalized spacial score (nSPS) is 18.1. The van der Waals surface area contributed by atoms with Gasteiger partial charge in [-0.05, 0) is 48.9 Å². The summed E-state index contributed by atoms with van der Waals surface area (Å²) < 4.78 is 5.95. The van der Waals surface area contributed by atoms with Crippen LogP contribution in [0.5, 0.6) is 0 Å². The zero-order valence-corrected chi connectivity index (χ0v) is 15.3. The van der Waals surface area contributed by atoms with Gasteiger partial charge < -0.3 is 9.32 Å². The van der Waals surface area contributed by atoms with Crippen molar-refractivity contribution < 1.29 is 4.42 Å². The van der Waals surface area contributed by atoms with E-state index in [4.69, 9.17) is 16.0 Å². The lowest BCUT2D eigenvalue weighted by atomic mass is 10.1. The molecule has 1 aliphatic heterocycles. The maximum Gasteiger partial charge on any atom is 0.199 e. The van der Waals surface area contributed by atoms with Crippen molar-refractivity contribution in [2.45, 2.75) is 18.9 Å². The summed E-state index contributed by atoms with van der Waals surface area (Å²) in [5.41, 5.74) is 4.24. The predicted molar refractivity (Wildman–Crippen MR) is 102 cm³/mol. The van der Waals surface area contributed by atoms with Crippen molar-refractivity contribution in [2.24, 2.45) is 0 Å². The van der Waals surface area contributed by atoms with E-state index in [0.29, 0.717) is 10.9 Å². The second-order valence-corrected chi connectivity index (χ2v) is 7.38. The summed E-state index contributed by atoms with van der Waals surface area (Å²) >= 11 is 6.04. The van der Waals surface area contributed by atoms with E-state index in [1.54, 1.807) is 0 Å². The highest BCUT2D eigenvalue weighted by Gasteiger charge is 2.27. The molecule has 0 saturated carbocycles. The third-order valence-corrected chi connectivity index (χ3v) is 5.08. The second kappa shape index (κ2) is 6.70. The van der Waals surface area contributed by atoms with Gasteiger partial charge in [-0.2, -0.15) is 0 Å². The van der Waals surface area contributed by atoms with Gasteiger partial charge in [0.05, 0.1) is 0 Å². The molecule has 1 aliphatic rings. The highest BCUT2D eigenvalue weighted by Crippen LogP contribution is 2.31. The molecule has 1 fully saturated rings. The van der Waals surface area contributed by atoms with Crippen LogP contribution in [0.25, 0.3) is 11.1 Å². The van der Waals surface area contributed by atoms with Crippen molar-refractivity contribution in [3.63, 3.8) is 0 Å². The molecule has 25 heavy (non-hydrogen) atoms. The molecule has 0 aliphatic carbocycles. The first-order valence-corrected chi connectivity index (χ1v) is 9.01. The summed E-state index contributed by atoms with van der Waals surface area (Å²) in [6.45, 7) is 3.02. The minimum Gasteiger partial charge on any atom is -0.440 e. The lowest BCUT2D eigenvalue weighted by Crippen LogP contribution is -2.19. The van der Waals surface area contributed by atoms with E-state index in [9.17, 15) is 0 Å². The van der Waals surface area contributed by atoms with Crippen LogP contribution in [-0.4, -0.2) is 37.1 Å². The van der Waals surface area contributed by atoms with Crippen molar-refractivity contribution in [2.75, 3.05) is 32.1 Å². The predicted octanol–water partition coefficient (Wildman–Crippen LogP) is 4.54. The van der Waals surface area contributed by atoms with E-state index in [1.807, 2.05) is 18.2 Å². The van der Waals surface area contributed by atoms with Crippen LogP contribution in [0.1, 0.15) is 23.8 Å². The van der Waals surface area contributed by atoms with Crippen molar-refractivity contribution in [3.8, 4) is 0 Å². The van der Waals surface area contributed by atoms with Crippen molar-refractivity contribution in [1.29, 1.82) is 0 Å². The van der Waals surface area contributed by atoms with E-state index >= 15 is 0 Å². The number of anilines is 1. The second-order valence-electron chi connectivity index (χ2n) is 6.95. The van der Waals surface area contributed by atoms with Gasteiger partial charge in [-0.25, -0.2) is 4.98 Å². The fraction of sp³-hybridized carbons (Fsp3) is 0.350. The number of benzene rings is 2. The maximum atomic E-state index is 6.04. The lowest BCUT2D eigenvalue weighted by molar-refractivity contribution is 0.321. The largest absolute Gasteiger partial charge is 0.440 e. The molecular formula is C20H22ClN3O. The Morgan fingerprint density at radius 3 is 2.76 bits per heavy atom. The summed E-state index contributed by atoms with van der Waals surface area (Å²) in [7, 11) is 4.13. The highest BCUT2D eigenvalue weighted by atomic mass is 35.5. The van der Waals surface area contributed by atoms with Gasteiger partial charge in [-0.15, -0.1) is 0 Å². The summed E-state index contributed by atoms with van der Waals surface area (Å²) in [4.78, 5) is 9.23. The van der Waals surface area contributed by atoms with Crippen molar-refractivity contribution >= 4 is 28.4 Å². The first-order valence-electron chi connectivity index (χ1n) is 8.63. The van der Waals surface area contributed by atoms with Crippen molar-refractivity contribution in [3.05, 3.63) is 58.9 Å². The topological polar surface area (TPSA) is 32.5 Å². The number of likely N-dealkylation sites (tertiary alicyclic amines) is 1. The smallest absolute Gasteiger partial charge is 0.199 e. The van der Waals surface area contributed by atoms with Gasteiger partial charge in [0.15, 0.2) is 11.5 Å². The Bertz CT molecular complexity index is 872. The maximum absolute atomic E-state index is 6.04. The first kappa shape index (κ1) is 16.4. The Morgan fingerprint density at radius 2 is 2.00 bits per heavy atom. The van der Waals surface area contributed by atoms with Gasteiger partial charge in [0, 0.05) is 43.8 Å². The molecule has 0 amide bonds. The average Bonchev–Trinajstić information content (AvgIpc) is 3.21. The Hall–Kier alpha value is -2.04. The molecule has 0 N–H and O–H groups in total. The fourth-order valence-electron chi connectivity index (χ4n) is 3.43. The molecular weight excluding hydrogens is 334 g/mol. The van der Waals surface area contributed by atoms with Gasteiger partial charge in [-0.1, -0.05) is 23.7 Å². The van der Waals surface area contributed by atoms with Gasteiger partial charge in [0.2, 0.25) is 0 Å². The summed E-state index contributed by atoms with van der Waals surface area (Å²) in [5.74, 6) is 1.19. The van der Waals surface area contributed by atoms with Crippen LogP contribution < -0.4 is 4.90 Å². The van der Waals surface area contributed by atoms with Crippen LogP contribution in [0.2, 0.25) is 5.02 Å². The summed E-state index contributed by atoms with van der Waals surface area (Å²) in [6, 6.07) is 14.4. The molecule has 2 heterocycles. The fourth-order valence-corrected chi connectivity index (χ4v) is 3.59. The van der Waals surface area contributed by atoms with Gasteiger partial charge in [0.1, 0.15) is 5.52 Å². The van der Waals surface area contributed by atoms with Crippen molar-refractivity contribution in [1.82, 2.24) is 9.88 Å². The van der Waals surface area contributed by atoms with E-state index in [2.05, 4.69) is 53.1 Å². The van der Waals surface area contributed by atoms with E-state index < -0.39 is 0 Å². The zero-order valence-electron chi connectivity index (χ0n) is 14.6. The number of hydrogen-bond donors (Lipinski definition) is 0. The molecule has 1 unspecified atom stereocenters. The van der Waals surface area contributed by atoms with Crippen LogP contribution in [0.4, 0.5) is 5.69 Å². The summed E-state index contributed by atoms with van der Waals surface area (Å²) in [5, 5.41) is 0.696. The molecule has 4 nitrogen and oxygen atoms in total. The molecule has 0 spiro atoms. The summed E-state index contributed by atoms with van der Waals surface area (Å²) in [6.07, 6.45) is 1.08. The molecule has 4 rings (SSSR count). The minimum atomic E-state index is 0.354. The average molecular weight is 356 g/mol.